The predicted octanol–water partition coefficient (Wildman–Crippen LogP) is 3.41. The van der Waals surface area contributed by atoms with Gasteiger partial charge >= 0.3 is 0 Å². The van der Waals surface area contributed by atoms with Crippen molar-refractivity contribution in [1.82, 2.24) is 5.32 Å². The van der Waals surface area contributed by atoms with Gasteiger partial charge in [0.2, 0.25) is 0 Å². The van der Waals surface area contributed by atoms with Crippen LogP contribution in [-0.2, 0) is 6.42 Å². The lowest BCUT2D eigenvalue weighted by Gasteiger charge is -2.14. The Morgan fingerprint density at radius 2 is 1.89 bits per heavy atom. The van der Waals surface area contributed by atoms with Crippen LogP contribution in [0.25, 0.3) is 0 Å². The molecule has 2 aromatic rings. The van der Waals surface area contributed by atoms with Crippen molar-refractivity contribution in [3.8, 4) is 0 Å². The van der Waals surface area contributed by atoms with Gasteiger partial charge in [-0.15, -0.1) is 0 Å². The van der Waals surface area contributed by atoms with Crippen LogP contribution in [0.2, 0.25) is 0 Å². The van der Waals surface area contributed by atoms with E-state index in [4.69, 9.17) is 0 Å². The first-order valence-corrected chi connectivity index (χ1v) is 6.70. The maximum atomic E-state index is 12.2. The topological polar surface area (TPSA) is 29.1 Å². The van der Waals surface area contributed by atoms with Gasteiger partial charge in [0.25, 0.3) is 5.91 Å². The Balaban J connectivity index is 1.80. The van der Waals surface area contributed by atoms with E-state index in [9.17, 15) is 4.79 Å². The number of carbonyl (C=O) groups is 1. The van der Waals surface area contributed by atoms with Crippen molar-refractivity contribution in [3.05, 3.63) is 70.8 Å². The van der Waals surface area contributed by atoms with Gasteiger partial charge < -0.3 is 5.32 Å². The van der Waals surface area contributed by atoms with Crippen molar-refractivity contribution in [1.29, 1.82) is 0 Å². The number of amides is 1. The third-order valence-electron chi connectivity index (χ3n) is 3.85. The molecule has 0 aromatic heterocycles. The first kappa shape index (κ1) is 12.0. The summed E-state index contributed by atoms with van der Waals surface area (Å²) < 4.78 is 0. The normalized spacial score (nSPS) is 17.0. The molecule has 0 heterocycles. The van der Waals surface area contributed by atoms with Gasteiger partial charge in [0.05, 0.1) is 6.04 Å². The van der Waals surface area contributed by atoms with Gasteiger partial charge in [-0.1, -0.05) is 36.4 Å². The molecule has 0 radical (unpaired) electrons. The SMILES string of the molecule is Cc1cccc2c1CC[C@H]2NC(=O)c1ccccc1. The molecule has 0 saturated heterocycles. The Labute approximate surface area is 113 Å². The van der Waals surface area contributed by atoms with Crippen molar-refractivity contribution in [2.24, 2.45) is 0 Å². The van der Waals surface area contributed by atoms with E-state index in [0.29, 0.717) is 0 Å². The molecule has 0 spiro atoms. The van der Waals surface area contributed by atoms with Crippen LogP contribution in [0.1, 0.15) is 39.5 Å². The van der Waals surface area contributed by atoms with E-state index < -0.39 is 0 Å². The number of hydrogen-bond donors (Lipinski definition) is 1. The summed E-state index contributed by atoms with van der Waals surface area (Å²) in [5, 5.41) is 3.14. The van der Waals surface area contributed by atoms with Crippen LogP contribution < -0.4 is 5.32 Å². The highest BCUT2D eigenvalue weighted by Crippen LogP contribution is 2.33. The van der Waals surface area contributed by atoms with Crippen LogP contribution in [-0.4, -0.2) is 5.91 Å². The fourth-order valence-electron chi connectivity index (χ4n) is 2.82. The van der Waals surface area contributed by atoms with Crippen molar-refractivity contribution < 1.29 is 4.79 Å². The van der Waals surface area contributed by atoms with Gasteiger partial charge in [-0.3, -0.25) is 4.79 Å². The number of carbonyl (C=O) groups excluding carboxylic acids is 1. The highest BCUT2D eigenvalue weighted by Gasteiger charge is 2.24. The molecule has 0 saturated carbocycles. The minimum atomic E-state index is 0.0138. The molecule has 2 heteroatoms. The second-order valence-corrected chi connectivity index (χ2v) is 5.07. The average molecular weight is 251 g/mol. The van der Waals surface area contributed by atoms with Crippen LogP contribution in [0, 0.1) is 6.92 Å². The van der Waals surface area contributed by atoms with E-state index in [0.717, 1.165) is 18.4 Å². The Morgan fingerprint density at radius 3 is 2.68 bits per heavy atom. The molecule has 1 aliphatic carbocycles. The van der Waals surface area contributed by atoms with Crippen LogP contribution in [0.15, 0.2) is 48.5 Å². The van der Waals surface area contributed by atoms with E-state index in [1.165, 1.54) is 16.7 Å². The molecule has 19 heavy (non-hydrogen) atoms. The van der Waals surface area contributed by atoms with Crippen molar-refractivity contribution in [3.63, 3.8) is 0 Å². The van der Waals surface area contributed by atoms with E-state index in [2.05, 4.69) is 30.4 Å². The van der Waals surface area contributed by atoms with Crippen LogP contribution in [0.5, 0.6) is 0 Å². The zero-order valence-corrected chi connectivity index (χ0v) is 11.0. The number of hydrogen-bond acceptors (Lipinski definition) is 1. The Hall–Kier alpha value is -2.09. The largest absolute Gasteiger partial charge is 0.345 e. The standard InChI is InChI=1S/C17H17NO/c1-12-6-5-9-15-14(12)10-11-16(15)18-17(19)13-7-3-2-4-8-13/h2-9,16H,10-11H2,1H3,(H,18,19)/t16-/m1/s1. The fraction of sp³-hybridized carbons (Fsp3) is 0.235. The lowest BCUT2D eigenvalue weighted by atomic mass is 10.0. The monoisotopic (exact) mass is 251 g/mol. The van der Waals surface area contributed by atoms with E-state index >= 15 is 0 Å². The molecule has 0 fully saturated rings. The minimum Gasteiger partial charge on any atom is -0.345 e. The maximum Gasteiger partial charge on any atom is 0.251 e. The third-order valence-corrected chi connectivity index (χ3v) is 3.85. The third kappa shape index (κ3) is 2.26. The predicted molar refractivity (Wildman–Crippen MR) is 76.1 cm³/mol. The first-order chi connectivity index (χ1) is 9.25. The van der Waals surface area contributed by atoms with Crippen molar-refractivity contribution >= 4 is 5.91 Å². The Bertz CT molecular complexity index is 604. The van der Waals surface area contributed by atoms with Crippen LogP contribution >= 0.6 is 0 Å². The van der Waals surface area contributed by atoms with Crippen LogP contribution in [0.3, 0.4) is 0 Å². The van der Waals surface area contributed by atoms with Gasteiger partial charge in [0.15, 0.2) is 0 Å². The molecular formula is C17H17NO. The lowest BCUT2D eigenvalue weighted by molar-refractivity contribution is 0.0936. The van der Waals surface area contributed by atoms with E-state index in [1.807, 2.05) is 30.3 Å². The molecule has 1 aliphatic rings. The van der Waals surface area contributed by atoms with Gasteiger partial charge in [-0.25, -0.2) is 0 Å². The number of benzene rings is 2. The second-order valence-electron chi connectivity index (χ2n) is 5.07. The zero-order chi connectivity index (χ0) is 13.2. The summed E-state index contributed by atoms with van der Waals surface area (Å²) in [6, 6.07) is 15.9. The highest BCUT2D eigenvalue weighted by molar-refractivity contribution is 5.94. The molecule has 0 unspecified atom stereocenters. The summed E-state index contributed by atoms with van der Waals surface area (Å²) >= 11 is 0. The number of nitrogens with one attached hydrogen (secondary N) is 1. The molecule has 2 nitrogen and oxygen atoms in total. The first-order valence-electron chi connectivity index (χ1n) is 6.70. The maximum absolute atomic E-state index is 12.2. The summed E-state index contributed by atoms with van der Waals surface area (Å²) in [7, 11) is 0. The summed E-state index contributed by atoms with van der Waals surface area (Å²) in [4.78, 5) is 12.2. The average Bonchev–Trinajstić information content (AvgIpc) is 2.84. The fourth-order valence-corrected chi connectivity index (χ4v) is 2.82. The Kier molecular flexibility index (Phi) is 3.08. The Morgan fingerprint density at radius 1 is 1.11 bits per heavy atom. The summed E-state index contributed by atoms with van der Waals surface area (Å²) in [5.41, 5.74) is 4.74. The summed E-state index contributed by atoms with van der Waals surface area (Å²) in [6.45, 7) is 2.14. The van der Waals surface area contributed by atoms with Crippen molar-refractivity contribution in [2.45, 2.75) is 25.8 Å². The number of rotatable bonds is 2. The molecule has 1 N–H and O–H groups in total. The lowest BCUT2D eigenvalue weighted by Crippen LogP contribution is -2.27. The van der Waals surface area contributed by atoms with Gasteiger partial charge in [-0.2, -0.15) is 0 Å². The quantitative estimate of drug-likeness (QED) is 0.870. The molecule has 1 amide bonds. The number of fused-ring (bicyclic) bond motifs is 1. The minimum absolute atomic E-state index is 0.0138. The van der Waals surface area contributed by atoms with Crippen molar-refractivity contribution in [2.75, 3.05) is 0 Å². The van der Waals surface area contributed by atoms with E-state index in [-0.39, 0.29) is 11.9 Å². The van der Waals surface area contributed by atoms with Gasteiger partial charge in [0.1, 0.15) is 0 Å². The molecule has 1 atom stereocenters. The highest BCUT2D eigenvalue weighted by atomic mass is 16.1. The summed E-state index contributed by atoms with van der Waals surface area (Å²) in [6.07, 6.45) is 2.06. The summed E-state index contributed by atoms with van der Waals surface area (Å²) in [5.74, 6) is 0.0138. The molecule has 3 rings (SSSR count). The molecular weight excluding hydrogens is 234 g/mol. The molecule has 0 bridgehead atoms. The van der Waals surface area contributed by atoms with E-state index in [1.54, 1.807) is 0 Å². The molecule has 0 aliphatic heterocycles. The van der Waals surface area contributed by atoms with Gasteiger partial charge in [0, 0.05) is 5.56 Å². The molecule has 2 aromatic carbocycles. The smallest absolute Gasteiger partial charge is 0.251 e. The second kappa shape index (κ2) is 4.88. The van der Waals surface area contributed by atoms with Gasteiger partial charge in [-0.05, 0) is 48.6 Å². The number of aryl methyl sites for hydroxylation is 1. The molecule has 96 valence electrons. The zero-order valence-electron chi connectivity index (χ0n) is 11.0. The van der Waals surface area contributed by atoms with Crippen LogP contribution in [0.4, 0.5) is 0 Å².